The molecule has 1 fully saturated rings. The molecule has 2 aromatic heterocycles. The van der Waals surface area contributed by atoms with Gasteiger partial charge in [-0.05, 0) is 42.7 Å². The van der Waals surface area contributed by atoms with Crippen molar-refractivity contribution in [3.8, 4) is 17.3 Å². The molecular weight excluding hydrogens is 344 g/mol. The second-order valence-corrected chi connectivity index (χ2v) is 6.69. The highest BCUT2D eigenvalue weighted by atomic mass is 16.5. The van der Waals surface area contributed by atoms with Crippen LogP contribution in [0.4, 0.5) is 0 Å². The molecular formula is C21H22N2O4. The third-order valence-corrected chi connectivity index (χ3v) is 5.01. The maximum Gasteiger partial charge on any atom is 0.276 e. The van der Waals surface area contributed by atoms with Gasteiger partial charge in [0.15, 0.2) is 11.5 Å². The van der Waals surface area contributed by atoms with Gasteiger partial charge in [-0.3, -0.25) is 4.79 Å². The van der Waals surface area contributed by atoms with Gasteiger partial charge in [-0.2, -0.15) is 0 Å². The molecule has 1 aliphatic rings. The van der Waals surface area contributed by atoms with Gasteiger partial charge in [-0.15, -0.1) is 0 Å². The van der Waals surface area contributed by atoms with Gasteiger partial charge in [-0.25, -0.2) is 0 Å². The predicted octanol–water partition coefficient (Wildman–Crippen LogP) is 4.70. The highest BCUT2D eigenvalue weighted by molar-refractivity contribution is 5.93. The number of benzene rings is 1. The van der Waals surface area contributed by atoms with Crippen molar-refractivity contribution in [3.63, 3.8) is 0 Å². The molecule has 1 atom stereocenters. The first-order valence-corrected chi connectivity index (χ1v) is 9.22. The lowest BCUT2D eigenvalue weighted by Crippen LogP contribution is -2.35. The maximum atomic E-state index is 13.2. The second kappa shape index (κ2) is 7.70. The van der Waals surface area contributed by atoms with Gasteiger partial charge < -0.3 is 18.6 Å². The number of methoxy groups -OCH3 is 1. The van der Waals surface area contributed by atoms with E-state index in [0.717, 1.165) is 37.0 Å². The van der Waals surface area contributed by atoms with Crippen LogP contribution in [0.25, 0.3) is 11.5 Å². The summed E-state index contributed by atoms with van der Waals surface area (Å²) in [7, 11) is 1.65. The number of furan rings is 1. The van der Waals surface area contributed by atoms with E-state index in [1.165, 1.54) is 0 Å². The van der Waals surface area contributed by atoms with E-state index < -0.39 is 0 Å². The van der Waals surface area contributed by atoms with E-state index in [1.807, 2.05) is 29.2 Å². The molecule has 0 radical (unpaired) electrons. The number of amides is 1. The highest BCUT2D eigenvalue weighted by Crippen LogP contribution is 2.32. The summed E-state index contributed by atoms with van der Waals surface area (Å²) in [5.74, 6) is 1.72. The van der Waals surface area contributed by atoms with Crippen molar-refractivity contribution in [1.82, 2.24) is 10.1 Å². The van der Waals surface area contributed by atoms with Gasteiger partial charge in [-0.1, -0.05) is 30.1 Å². The quantitative estimate of drug-likeness (QED) is 0.669. The largest absolute Gasteiger partial charge is 0.497 e. The first-order valence-electron chi connectivity index (χ1n) is 9.22. The Morgan fingerprint density at radius 1 is 1.15 bits per heavy atom. The summed E-state index contributed by atoms with van der Waals surface area (Å²) in [6.07, 6.45) is 5.69. The SMILES string of the molecule is COc1ccc(C2CCCCCN2C(=O)c2cc(-c3ccco3)on2)cc1. The van der Waals surface area contributed by atoms with Crippen molar-refractivity contribution < 1.29 is 18.5 Å². The summed E-state index contributed by atoms with van der Waals surface area (Å²) in [5.41, 5.74) is 1.42. The van der Waals surface area contributed by atoms with Crippen LogP contribution in [-0.4, -0.2) is 29.6 Å². The van der Waals surface area contributed by atoms with Gasteiger partial charge in [0.1, 0.15) is 5.75 Å². The fourth-order valence-electron chi connectivity index (χ4n) is 3.58. The van der Waals surface area contributed by atoms with E-state index in [0.29, 0.717) is 23.8 Å². The van der Waals surface area contributed by atoms with Crippen LogP contribution in [0.2, 0.25) is 0 Å². The summed E-state index contributed by atoms with van der Waals surface area (Å²) in [6.45, 7) is 0.707. The Balaban J connectivity index is 1.60. The zero-order valence-corrected chi connectivity index (χ0v) is 15.3. The summed E-state index contributed by atoms with van der Waals surface area (Å²) >= 11 is 0. The Hall–Kier alpha value is -3.02. The molecule has 1 aliphatic heterocycles. The molecule has 1 unspecified atom stereocenters. The fourth-order valence-corrected chi connectivity index (χ4v) is 3.58. The zero-order chi connectivity index (χ0) is 18.6. The molecule has 0 aliphatic carbocycles. The molecule has 27 heavy (non-hydrogen) atoms. The van der Waals surface area contributed by atoms with Crippen LogP contribution in [0.1, 0.15) is 47.8 Å². The van der Waals surface area contributed by atoms with Crippen molar-refractivity contribution in [2.45, 2.75) is 31.7 Å². The maximum absolute atomic E-state index is 13.2. The first kappa shape index (κ1) is 17.4. The van der Waals surface area contributed by atoms with Crippen molar-refractivity contribution in [2.75, 3.05) is 13.7 Å². The van der Waals surface area contributed by atoms with E-state index in [4.69, 9.17) is 13.7 Å². The van der Waals surface area contributed by atoms with E-state index >= 15 is 0 Å². The summed E-state index contributed by atoms with van der Waals surface area (Å²) in [5, 5.41) is 3.99. The molecule has 3 heterocycles. The topological polar surface area (TPSA) is 68.7 Å². The standard InChI is InChI=1S/C21H22N2O4/c1-25-16-10-8-15(9-11-16)18-6-3-2-4-12-23(18)21(24)17-14-20(27-22-17)19-7-5-13-26-19/h5,7-11,13-14,18H,2-4,6,12H2,1H3. The molecule has 0 N–H and O–H groups in total. The molecule has 6 heteroatoms. The number of likely N-dealkylation sites (tertiary alicyclic amines) is 1. The number of carbonyl (C=O) groups excluding carboxylic acids is 1. The minimum atomic E-state index is -0.112. The van der Waals surface area contributed by atoms with Gasteiger partial charge in [0.25, 0.3) is 5.91 Å². The van der Waals surface area contributed by atoms with Crippen LogP contribution in [-0.2, 0) is 0 Å². The van der Waals surface area contributed by atoms with Crippen LogP contribution < -0.4 is 4.74 Å². The zero-order valence-electron chi connectivity index (χ0n) is 15.3. The van der Waals surface area contributed by atoms with Crippen LogP contribution in [0, 0.1) is 0 Å². The molecule has 0 saturated carbocycles. The van der Waals surface area contributed by atoms with Crippen molar-refractivity contribution in [2.24, 2.45) is 0 Å². The third-order valence-electron chi connectivity index (χ3n) is 5.01. The molecule has 0 bridgehead atoms. The lowest BCUT2D eigenvalue weighted by molar-refractivity contribution is 0.0670. The van der Waals surface area contributed by atoms with Gasteiger partial charge in [0.2, 0.25) is 5.76 Å². The number of carbonyl (C=O) groups is 1. The Morgan fingerprint density at radius 2 is 2.00 bits per heavy atom. The average molecular weight is 366 g/mol. The van der Waals surface area contributed by atoms with Crippen LogP contribution in [0.15, 0.2) is 57.7 Å². The van der Waals surface area contributed by atoms with E-state index in [2.05, 4.69) is 5.16 Å². The number of hydrogen-bond acceptors (Lipinski definition) is 5. The van der Waals surface area contributed by atoms with Crippen molar-refractivity contribution in [1.29, 1.82) is 0 Å². The Morgan fingerprint density at radius 3 is 2.74 bits per heavy atom. The minimum Gasteiger partial charge on any atom is -0.497 e. The molecule has 1 saturated heterocycles. The van der Waals surface area contributed by atoms with Gasteiger partial charge in [0.05, 0.1) is 19.4 Å². The normalized spacial score (nSPS) is 17.5. The Bertz CT molecular complexity index is 883. The molecule has 1 amide bonds. The number of aromatic nitrogens is 1. The van der Waals surface area contributed by atoms with Gasteiger partial charge >= 0.3 is 0 Å². The highest BCUT2D eigenvalue weighted by Gasteiger charge is 2.29. The monoisotopic (exact) mass is 366 g/mol. The molecule has 1 aromatic carbocycles. The van der Waals surface area contributed by atoms with Crippen molar-refractivity contribution in [3.05, 3.63) is 60.0 Å². The molecule has 4 rings (SSSR count). The van der Waals surface area contributed by atoms with Crippen LogP contribution >= 0.6 is 0 Å². The molecule has 3 aromatic rings. The lowest BCUT2D eigenvalue weighted by Gasteiger charge is -2.30. The molecule has 0 spiro atoms. The van der Waals surface area contributed by atoms with Crippen molar-refractivity contribution >= 4 is 5.91 Å². The van der Waals surface area contributed by atoms with Crippen LogP contribution in [0.3, 0.4) is 0 Å². The minimum absolute atomic E-state index is 0.0228. The summed E-state index contributed by atoms with van der Waals surface area (Å²) < 4.78 is 15.9. The smallest absolute Gasteiger partial charge is 0.276 e. The molecule has 140 valence electrons. The second-order valence-electron chi connectivity index (χ2n) is 6.69. The lowest BCUT2D eigenvalue weighted by atomic mass is 10.0. The number of nitrogens with zero attached hydrogens (tertiary/aromatic N) is 2. The van der Waals surface area contributed by atoms with E-state index in [1.54, 1.807) is 31.6 Å². The van der Waals surface area contributed by atoms with E-state index in [-0.39, 0.29) is 11.9 Å². The van der Waals surface area contributed by atoms with E-state index in [9.17, 15) is 4.79 Å². The molecule has 6 nitrogen and oxygen atoms in total. The number of hydrogen-bond donors (Lipinski definition) is 0. The first-order chi connectivity index (χ1) is 13.3. The number of ether oxygens (including phenoxy) is 1. The Kier molecular flexibility index (Phi) is 4.96. The van der Waals surface area contributed by atoms with Crippen LogP contribution in [0.5, 0.6) is 5.75 Å². The Labute approximate surface area is 157 Å². The summed E-state index contributed by atoms with van der Waals surface area (Å²) in [6, 6.07) is 13.2. The number of rotatable bonds is 4. The van der Waals surface area contributed by atoms with Gasteiger partial charge in [0, 0.05) is 12.6 Å². The summed E-state index contributed by atoms with van der Waals surface area (Å²) in [4.78, 5) is 15.1. The third kappa shape index (κ3) is 3.60. The predicted molar refractivity (Wildman–Crippen MR) is 99.4 cm³/mol. The average Bonchev–Trinajstić information content (AvgIpc) is 3.35. The fraction of sp³-hybridized carbons (Fsp3) is 0.333.